The second kappa shape index (κ2) is 8.72. The van der Waals surface area contributed by atoms with Crippen LogP contribution in [0.25, 0.3) is 0 Å². The zero-order valence-corrected chi connectivity index (χ0v) is 15.3. The van der Waals surface area contributed by atoms with Gasteiger partial charge in [0.2, 0.25) is 5.91 Å². The quantitative estimate of drug-likeness (QED) is 0.814. The van der Waals surface area contributed by atoms with Crippen LogP contribution in [-0.2, 0) is 4.79 Å². The van der Waals surface area contributed by atoms with Crippen LogP contribution >= 0.6 is 0 Å². The van der Waals surface area contributed by atoms with Crippen molar-refractivity contribution in [1.29, 1.82) is 0 Å². The molecule has 1 saturated heterocycles. The molecule has 0 spiro atoms. The van der Waals surface area contributed by atoms with E-state index in [2.05, 4.69) is 39.8 Å². The van der Waals surface area contributed by atoms with Crippen molar-refractivity contribution in [3.63, 3.8) is 0 Å². The second-order valence-electron chi connectivity index (χ2n) is 6.79. The van der Waals surface area contributed by atoms with Gasteiger partial charge in [-0.15, -0.1) is 6.58 Å². The Labute approximate surface area is 155 Å². The van der Waals surface area contributed by atoms with Crippen LogP contribution in [0.3, 0.4) is 0 Å². The fraction of sp³-hybridized carbons (Fsp3) is 0.381. The predicted octanol–water partition coefficient (Wildman–Crippen LogP) is 2.89. The molecule has 0 saturated carbocycles. The number of carbonyl (C=O) groups excluding carboxylic acids is 1. The number of nitrogens with one attached hydrogen (secondary N) is 1. The smallest absolute Gasteiger partial charge is 0.224 e. The monoisotopic (exact) mass is 350 g/mol. The van der Waals surface area contributed by atoms with E-state index in [9.17, 15) is 4.79 Å². The number of carbonyl (C=O) groups is 1. The summed E-state index contributed by atoms with van der Waals surface area (Å²) < 4.78 is 0. The Morgan fingerprint density at radius 3 is 2.77 bits per heavy atom. The number of aromatic nitrogens is 2. The molecule has 2 heterocycles. The van der Waals surface area contributed by atoms with Gasteiger partial charge in [-0.3, -0.25) is 19.7 Å². The van der Waals surface area contributed by atoms with Crippen molar-refractivity contribution < 1.29 is 4.79 Å². The maximum atomic E-state index is 12.9. The summed E-state index contributed by atoms with van der Waals surface area (Å²) in [5, 5.41) is 3.23. The van der Waals surface area contributed by atoms with E-state index in [0.717, 1.165) is 49.3 Å². The largest absolute Gasteiger partial charge is 0.343 e. The molecule has 1 unspecified atom stereocenters. The lowest BCUT2D eigenvalue weighted by molar-refractivity contribution is -0.126. The molecule has 1 amide bonds. The third kappa shape index (κ3) is 4.35. The lowest BCUT2D eigenvalue weighted by Crippen LogP contribution is -2.42. The van der Waals surface area contributed by atoms with Crippen molar-refractivity contribution in [2.45, 2.75) is 25.8 Å². The third-order valence-corrected chi connectivity index (χ3v) is 5.01. The zero-order chi connectivity index (χ0) is 18.4. The second-order valence-corrected chi connectivity index (χ2v) is 6.79. The molecule has 26 heavy (non-hydrogen) atoms. The van der Waals surface area contributed by atoms with Crippen LogP contribution in [0.15, 0.2) is 55.5 Å². The Bertz CT molecular complexity index is 739. The van der Waals surface area contributed by atoms with Gasteiger partial charge in [0.25, 0.3) is 0 Å². The highest BCUT2D eigenvalue weighted by atomic mass is 16.2. The first-order chi connectivity index (χ1) is 12.7. The third-order valence-electron chi connectivity index (χ3n) is 5.01. The Morgan fingerprint density at radius 1 is 1.35 bits per heavy atom. The molecule has 3 rings (SSSR count). The van der Waals surface area contributed by atoms with E-state index < -0.39 is 0 Å². The maximum absolute atomic E-state index is 12.9. The molecule has 136 valence electrons. The minimum atomic E-state index is -0.274. The first kappa shape index (κ1) is 18.3. The Morgan fingerprint density at radius 2 is 2.12 bits per heavy atom. The van der Waals surface area contributed by atoms with Gasteiger partial charge >= 0.3 is 0 Å². The van der Waals surface area contributed by atoms with Gasteiger partial charge in [-0.1, -0.05) is 30.3 Å². The highest BCUT2D eigenvalue weighted by molar-refractivity contribution is 5.79. The van der Waals surface area contributed by atoms with Crippen LogP contribution in [0.2, 0.25) is 0 Å². The number of hydrogen-bond donors (Lipinski definition) is 1. The van der Waals surface area contributed by atoms with Crippen molar-refractivity contribution in [3.05, 3.63) is 72.3 Å². The van der Waals surface area contributed by atoms with Gasteiger partial charge in [0.15, 0.2) is 0 Å². The summed E-state index contributed by atoms with van der Waals surface area (Å²) in [4.78, 5) is 23.9. The van der Waals surface area contributed by atoms with Crippen LogP contribution in [-0.4, -0.2) is 40.4 Å². The molecule has 1 aromatic heterocycles. The van der Waals surface area contributed by atoms with Gasteiger partial charge in [0.05, 0.1) is 17.9 Å². The zero-order valence-electron chi connectivity index (χ0n) is 15.3. The van der Waals surface area contributed by atoms with Crippen molar-refractivity contribution in [2.75, 3.05) is 19.6 Å². The summed E-state index contributed by atoms with van der Waals surface area (Å²) in [6.45, 7) is 8.60. The molecule has 1 aliphatic heterocycles. The van der Waals surface area contributed by atoms with Crippen LogP contribution in [0, 0.1) is 12.8 Å². The molecular weight excluding hydrogens is 324 g/mol. The van der Waals surface area contributed by atoms with E-state index in [0.29, 0.717) is 0 Å². The molecule has 2 aromatic rings. The molecule has 5 nitrogen and oxygen atoms in total. The number of likely N-dealkylation sites (tertiary alicyclic amines) is 1. The van der Waals surface area contributed by atoms with Crippen LogP contribution in [0.1, 0.15) is 35.7 Å². The molecule has 0 radical (unpaired) electrons. The summed E-state index contributed by atoms with van der Waals surface area (Å²) in [7, 11) is 0. The average Bonchev–Trinajstić information content (AvgIpc) is 2.68. The number of benzene rings is 1. The first-order valence-electron chi connectivity index (χ1n) is 9.14. The summed E-state index contributed by atoms with van der Waals surface area (Å²) >= 11 is 0. The van der Waals surface area contributed by atoms with Gasteiger partial charge in [0, 0.05) is 24.9 Å². The van der Waals surface area contributed by atoms with E-state index in [1.807, 2.05) is 24.3 Å². The number of rotatable bonds is 6. The molecule has 0 bridgehead atoms. The minimum absolute atomic E-state index is 0.0410. The van der Waals surface area contributed by atoms with E-state index >= 15 is 0 Å². The predicted molar refractivity (Wildman–Crippen MR) is 103 cm³/mol. The van der Waals surface area contributed by atoms with Gasteiger partial charge in [-0.2, -0.15) is 0 Å². The number of amides is 1. The Balaban J connectivity index is 1.75. The molecule has 1 atom stereocenters. The molecule has 5 heteroatoms. The summed E-state index contributed by atoms with van der Waals surface area (Å²) in [6, 6.07) is 7.82. The van der Waals surface area contributed by atoms with E-state index in [1.54, 1.807) is 18.6 Å². The Kier molecular flexibility index (Phi) is 6.12. The van der Waals surface area contributed by atoms with Crippen LogP contribution in [0.5, 0.6) is 0 Å². The molecule has 1 aliphatic rings. The fourth-order valence-corrected chi connectivity index (χ4v) is 3.50. The molecule has 1 N–H and O–H groups in total. The van der Waals surface area contributed by atoms with Crippen molar-refractivity contribution in [3.8, 4) is 0 Å². The van der Waals surface area contributed by atoms with E-state index in [4.69, 9.17) is 0 Å². The standard InChI is InChI=1S/C21H26N4O/c1-3-12-25-13-8-17(9-14-25)21(26)24-20(19-15-22-10-11-23-19)18-7-5-4-6-16(18)2/h3-7,10-11,15,17,20H,1,8-9,12-14H2,2H3,(H,24,26). The number of piperidine rings is 1. The molecule has 1 aromatic carbocycles. The van der Waals surface area contributed by atoms with E-state index in [-0.39, 0.29) is 17.9 Å². The van der Waals surface area contributed by atoms with Crippen LogP contribution in [0.4, 0.5) is 0 Å². The summed E-state index contributed by atoms with van der Waals surface area (Å²) in [5.74, 6) is 0.140. The average molecular weight is 350 g/mol. The topological polar surface area (TPSA) is 58.1 Å². The highest BCUT2D eigenvalue weighted by Crippen LogP contribution is 2.25. The number of nitrogens with zero attached hydrogens (tertiary/aromatic N) is 3. The van der Waals surface area contributed by atoms with E-state index in [1.165, 1.54) is 0 Å². The lowest BCUT2D eigenvalue weighted by atomic mass is 9.93. The van der Waals surface area contributed by atoms with Crippen molar-refractivity contribution in [2.24, 2.45) is 5.92 Å². The van der Waals surface area contributed by atoms with Gasteiger partial charge < -0.3 is 5.32 Å². The minimum Gasteiger partial charge on any atom is -0.343 e. The normalized spacial score (nSPS) is 16.8. The Hall–Kier alpha value is -2.53. The molecule has 0 aliphatic carbocycles. The van der Waals surface area contributed by atoms with Crippen molar-refractivity contribution in [1.82, 2.24) is 20.2 Å². The number of aryl methyl sites for hydroxylation is 1. The number of hydrogen-bond acceptors (Lipinski definition) is 4. The van der Waals surface area contributed by atoms with Crippen molar-refractivity contribution >= 4 is 5.91 Å². The SMILES string of the molecule is C=CCN1CCC(C(=O)NC(c2cnccn2)c2ccccc2C)CC1. The van der Waals surface area contributed by atoms with Gasteiger partial charge in [0.1, 0.15) is 0 Å². The summed E-state index contributed by atoms with van der Waals surface area (Å²) in [5.41, 5.74) is 2.95. The highest BCUT2D eigenvalue weighted by Gasteiger charge is 2.28. The fourth-order valence-electron chi connectivity index (χ4n) is 3.50. The van der Waals surface area contributed by atoms with Gasteiger partial charge in [-0.25, -0.2) is 0 Å². The van der Waals surface area contributed by atoms with Gasteiger partial charge in [-0.05, 0) is 44.0 Å². The summed E-state index contributed by atoms with van der Waals surface area (Å²) in [6.07, 6.45) is 8.71. The molecule has 1 fully saturated rings. The molecular formula is C21H26N4O. The maximum Gasteiger partial charge on any atom is 0.224 e. The first-order valence-corrected chi connectivity index (χ1v) is 9.14. The lowest BCUT2D eigenvalue weighted by Gasteiger charge is -2.31. The van der Waals surface area contributed by atoms with Crippen LogP contribution < -0.4 is 5.32 Å².